The summed E-state index contributed by atoms with van der Waals surface area (Å²) in [5.41, 5.74) is -0.0553. The van der Waals surface area contributed by atoms with Gasteiger partial charge in [0.15, 0.2) is 17.8 Å². The zero-order chi connectivity index (χ0) is 10.4. The van der Waals surface area contributed by atoms with E-state index in [-0.39, 0.29) is 5.56 Å². The lowest BCUT2D eigenvalue weighted by molar-refractivity contribution is 0.112. The second kappa shape index (κ2) is 5.03. The van der Waals surface area contributed by atoms with Crippen molar-refractivity contribution in [3.63, 3.8) is 0 Å². The molecule has 3 N–H and O–H groups in total. The SMILES string of the molecule is CC.O=Cc1ccc(O)c(O)c1O. The van der Waals surface area contributed by atoms with Gasteiger partial charge < -0.3 is 15.3 Å². The van der Waals surface area contributed by atoms with E-state index in [0.29, 0.717) is 6.29 Å². The molecular formula is C9H12O4. The lowest BCUT2D eigenvalue weighted by Crippen LogP contribution is -1.81. The molecule has 13 heavy (non-hydrogen) atoms. The maximum atomic E-state index is 10.1. The van der Waals surface area contributed by atoms with E-state index in [0.717, 1.165) is 6.07 Å². The molecule has 0 heterocycles. The van der Waals surface area contributed by atoms with Gasteiger partial charge in [-0.2, -0.15) is 0 Å². The van der Waals surface area contributed by atoms with E-state index in [1.165, 1.54) is 6.07 Å². The fraction of sp³-hybridized carbons (Fsp3) is 0.222. The average Bonchev–Trinajstić information content (AvgIpc) is 2.18. The Kier molecular flexibility index (Phi) is 4.37. The van der Waals surface area contributed by atoms with Crippen LogP contribution in [0.2, 0.25) is 0 Å². The molecule has 0 amide bonds. The summed E-state index contributed by atoms with van der Waals surface area (Å²) in [6.07, 6.45) is 0.383. The van der Waals surface area contributed by atoms with Gasteiger partial charge in [0.1, 0.15) is 0 Å². The Balaban J connectivity index is 0.000000671. The Morgan fingerprint density at radius 3 is 2.08 bits per heavy atom. The number of phenols is 3. The molecule has 4 nitrogen and oxygen atoms in total. The topological polar surface area (TPSA) is 77.8 Å². The molecule has 0 saturated heterocycles. The molecule has 72 valence electrons. The monoisotopic (exact) mass is 184 g/mol. The van der Waals surface area contributed by atoms with Crippen LogP contribution in [0.25, 0.3) is 0 Å². The lowest BCUT2D eigenvalue weighted by atomic mass is 10.2. The number of phenolic OH excluding ortho intramolecular Hbond substituents is 3. The number of aromatic hydroxyl groups is 3. The number of hydrogen-bond acceptors (Lipinski definition) is 4. The Morgan fingerprint density at radius 1 is 1.08 bits per heavy atom. The first-order chi connectivity index (χ1) is 6.16. The van der Waals surface area contributed by atoms with Crippen molar-refractivity contribution >= 4 is 6.29 Å². The molecule has 0 aliphatic carbocycles. The van der Waals surface area contributed by atoms with Crippen molar-refractivity contribution in [1.82, 2.24) is 0 Å². The Labute approximate surface area is 76.1 Å². The molecular weight excluding hydrogens is 172 g/mol. The van der Waals surface area contributed by atoms with E-state index in [9.17, 15) is 4.79 Å². The van der Waals surface area contributed by atoms with Crippen LogP contribution < -0.4 is 0 Å². The normalized spacial score (nSPS) is 8.46. The second-order valence-electron chi connectivity index (χ2n) is 1.99. The van der Waals surface area contributed by atoms with Crippen LogP contribution >= 0.6 is 0 Å². The average molecular weight is 184 g/mol. The second-order valence-corrected chi connectivity index (χ2v) is 1.99. The van der Waals surface area contributed by atoms with Gasteiger partial charge in [0, 0.05) is 0 Å². The summed E-state index contributed by atoms with van der Waals surface area (Å²) in [5, 5.41) is 26.6. The first-order valence-corrected chi connectivity index (χ1v) is 3.86. The Hall–Kier alpha value is -1.71. The van der Waals surface area contributed by atoms with Gasteiger partial charge in [0.2, 0.25) is 5.75 Å². The van der Waals surface area contributed by atoms with E-state index >= 15 is 0 Å². The summed E-state index contributed by atoms with van der Waals surface area (Å²) in [6.45, 7) is 4.00. The predicted molar refractivity (Wildman–Crippen MR) is 48.2 cm³/mol. The van der Waals surface area contributed by atoms with Crippen LogP contribution in [0.3, 0.4) is 0 Å². The van der Waals surface area contributed by atoms with Gasteiger partial charge >= 0.3 is 0 Å². The van der Waals surface area contributed by atoms with Crippen molar-refractivity contribution in [3.05, 3.63) is 17.7 Å². The molecule has 0 aromatic heterocycles. The van der Waals surface area contributed by atoms with Crippen molar-refractivity contribution in [1.29, 1.82) is 0 Å². The van der Waals surface area contributed by atoms with Crippen molar-refractivity contribution in [3.8, 4) is 17.2 Å². The highest BCUT2D eigenvalue weighted by Gasteiger charge is 2.09. The minimum Gasteiger partial charge on any atom is -0.504 e. The van der Waals surface area contributed by atoms with E-state index in [1.54, 1.807) is 0 Å². The van der Waals surface area contributed by atoms with Crippen molar-refractivity contribution in [2.24, 2.45) is 0 Å². The highest BCUT2D eigenvalue weighted by atomic mass is 16.3. The molecule has 0 aliphatic rings. The van der Waals surface area contributed by atoms with Gasteiger partial charge in [-0.3, -0.25) is 4.79 Å². The number of carbonyl (C=O) groups is 1. The zero-order valence-corrected chi connectivity index (χ0v) is 7.48. The quantitative estimate of drug-likeness (QED) is 0.458. The molecule has 0 atom stereocenters. The van der Waals surface area contributed by atoms with Gasteiger partial charge in [-0.1, -0.05) is 13.8 Å². The molecule has 0 spiro atoms. The molecule has 0 radical (unpaired) electrons. The molecule has 0 saturated carbocycles. The molecule has 4 heteroatoms. The fourth-order valence-corrected chi connectivity index (χ4v) is 0.680. The Morgan fingerprint density at radius 2 is 1.62 bits per heavy atom. The smallest absolute Gasteiger partial charge is 0.201 e. The lowest BCUT2D eigenvalue weighted by Gasteiger charge is -2.00. The van der Waals surface area contributed by atoms with E-state index in [1.807, 2.05) is 13.8 Å². The van der Waals surface area contributed by atoms with Gasteiger partial charge in [-0.25, -0.2) is 0 Å². The number of aldehydes is 1. The minimum atomic E-state index is -0.672. The Bertz CT molecular complexity index is 294. The van der Waals surface area contributed by atoms with Crippen LogP contribution in [0.4, 0.5) is 0 Å². The van der Waals surface area contributed by atoms with Gasteiger partial charge in [-0.05, 0) is 12.1 Å². The summed E-state index contributed by atoms with van der Waals surface area (Å²) in [6, 6.07) is 2.33. The third-order valence-corrected chi connectivity index (χ3v) is 1.29. The number of carbonyl (C=O) groups excluding carboxylic acids is 1. The van der Waals surface area contributed by atoms with Crippen molar-refractivity contribution < 1.29 is 20.1 Å². The third-order valence-electron chi connectivity index (χ3n) is 1.29. The molecule has 1 aromatic carbocycles. The summed E-state index contributed by atoms with van der Waals surface area (Å²) in [7, 11) is 0. The maximum Gasteiger partial charge on any atom is 0.201 e. The van der Waals surface area contributed by atoms with Crippen LogP contribution in [0, 0.1) is 0 Å². The maximum absolute atomic E-state index is 10.1. The van der Waals surface area contributed by atoms with Crippen molar-refractivity contribution in [2.75, 3.05) is 0 Å². The highest BCUT2D eigenvalue weighted by Crippen LogP contribution is 2.35. The van der Waals surface area contributed by atoms with Gasteiger partial charge in [0.25, 0.3) is 0 Å². The van der Waals surface area contributed by atoms with E-state index in [4.69, 9.17) is 15.3 Å². The number of hydrogen-bond donors (Lipinski definition) is 3. The molecule has 0 bridgehead atoms. The fourth-order valence-electron chi connectivity index (χ4n) is 0.680. The molecule has 1 rings (SSSR count). The molecule has 0 fully saturated rings. The minimum absolute atomic E-state index is 0.0553. The third kappa shape index (κ3) is 2.37. The molecule has 0 unspecified atom stereocenters. The van der Waals surface area contributed by atoms with Crippen LogP contribution in [0.15, 0.2) is 12.1 Å². The first kappa shape index (κ1) is 11.3. The van der Waals surface area contributed by atoms with Crippen LogP contribution in [0.1, 0.15) is 24.2 Å². The first-order valence-electron chi connectivity index (χ1n) is 3.86. The number of benzene rings is 1. The van der Waals surface area contributed by atoms with Gasteiger partial charge in [-0.15, -0.1) is 0 Å². The highest BCUT2D eigenvalue weighted by molar-refractivity contribution is 5.81. The van der Waals surface area contributed by atoms with Crippen molar-refractivity contribution in [2.45, 2.75) is 13.8 Å². The summed E-state index contributed by atoms with van der Waals surface area (Å²) in [5.74, 6) is -1.72. The summed E-state index contributed by atoms with van der Waals surface area (Å²) in [4.78, 5) is 10.1. The van der Waals surface area contributed by atoms with Gasteiger partial charge in [0.05, 0.1) is 5.56 Å². The van der Waals surface area contributed by atoms with E-state index in [2.05, 4.69) is 0 Å². The van der Waals surface area contributed by atoms with Crippen LogP contribution in [-0.4, -0.2) is 21.6 Å². The standard InChI is InChI=1S/C7H6O4.C2H6/c8-3-4-1-2-5(9)7(11)6(4)10;1-2/h1-3,9-11H;1-2H3. The van der Waals surface area contributed by atoms with Crippen LogP contribution in [0.5, 0.6) is 17.2 Å². The van der Waals surface area contributed by atoms with E-state index < -0.39 is 17.2 Å². The summed E-state index contributed by atoms with van der Waals surface area (Å²) >= 11 is 0. The number of rotatable bonds is 1. The molecule has 1 aromatic rings. The molecule has 0 aliphatic heterocycles. The van der Waals surface area contributed by atoms with Crippen LogP contribution in [-0.2, 0) is 0 Å². The predicted octanol–water partition coefficient (Wildman–Crippen LogP) is 1.64. The zero-order valence-electron chi connectivity index (χ0n) is 7.48. The summed E-state index contributed by atoms with van der Waals surface area (Å²) < 4.78 is 0. The largest absolute Gasteiger partial charge is 0.504 e.